The summed E-state index contributed by atoms with van der Waals surface area (Å²) in [5.41, 5.74) is 0.670. The molecular formula is C13H9Cl2NO3. The van der Waals surface area contributed by atoms with Crippen molar-refractivity contribution in [1.82, 2.24) is 0 Å². The molecule has 0 N–H and O–H groups in total. The van der Waals surface area contributed by atoms with Crippen LogP contribution in [0.25, 0.3) is 0 Å². The maximum Gasteiger partial charge on any atom is 0.306 e. The largest absolute Gasteiger partial charge is 0.489 e. The van der Waals surface area contributed by atoms with E-state index in [2.05, 4.69) is 0 Å². The van der Waals surface area contributed by atoms with Crippen LogP contribution in [0.4, 0.5) is 5.69 Å². The lowest BCUT2D eigenvalue weighted by atomic mass is 10.2. The molecule has 0 atom stereocenters. The summed E-state index contributed by atoms with van der Waals surface area (Å²) >= 11 is 11.6. The minimum absolute atomic E-state index is 0.0411. The summed E-state index contributed by atoms with van der Waals surface area (Å²) in [7, 11) is 0. The van der Waals surface area contributed by atoms with E-state index >= 15 is 0 Å². The Bertz CT molecular complexity index is 579. The van der Waals surface area contributed by atoms with Crippen molar-refractivity contribution in [1.29, 1.82) is 0 Å². The van der Waals surface area contributed by atoms with Gasteiger partial charge >= 0.3 is 5.69 Å². The number of rotatable bonds is 4. The highest BCUT2D eigenvalue weighted by atomic mass is 35.5. The first kappa shape index (κ1) is 13.6. The third kappa shape index (κ3) is 3.36. The van der Waals surface area contributed by atoms with Crippen LogP contribution >= 0.6 is 23.2 Å². The summed E-state index contributed by atoms with van der Waals surface area (Å²) in [5, 5.41) is 10.6. The smallest absolute Gasteiger partial charge is 0.306 e. The third-order valence-corrected chi connectivity index (χ3v) is 3.00. The molecule has 0 unspecified atom stereocenters. The maximum atomic E-state index is 10.7. The topological polar surface area (TPSA) is 52.4 Å². The summed E-state index contributed by atoms with van der Waals surface area (Å²) in [6.07, 6.45) is 0. The molecule has 6 heteroatoms. The van der Waals surface area contributed by atoms with E-state index in [1.165, 1.54) is 12.1 Å². The number of nitrogens with zero attached hydrogens (tertiary/aromatic N) is 1. The number of hydrogen-bond donors (Lipinski definition) is 0. The summed E-state index contributed by atoms with van der Waals surface area (Å²) in [6.45, 7) is 0.339. The Morgan fingerprint density at radius 2 is 1.68 bits per heavy atom. The number of nitro groups is 1. The summed E-state index contributed by atoms with van der Waals surface area (Å²) in [6, 6.07) is 12.3. The number of halogens is 2. The van der Waals surface area contributed by atoms with Gasteiger partial charge in [0, 0.05) is 12.1 Å². The summed E-state index contributed by atoms with van der Waals surface area (Å²) < 4.78 is 5.50. The van der Waals surface area contributed by atoms with Crippen LogP contribution in [0, 0.1) is 10.1 Å². The molecular weight excluding hydrogens is 289 g/mol. The van der Waals surface area contributed by atoms with Gasteiger partial charge in [0.25, 0.3) is 0 Å². The van der Waals surface area contributed by atoms with Gasteiger partial charge in [-0.2, -0.15) is 0 Å². The van der Waals surface area contributed by atoms with Gasteiger partial charge in [0.05, 0.1) is 4.92 Å². The average Bonchev–Trinajstić information content (AvgIpc) is 2.36. The molecule has 4 nitrogen and oxygen atoms in total. The molecule has 0 saturated heterocycles. The maximum absolute atomic E-state index is 10.7. The molecule has 0 bridgehead atoms. The van der Waals surface area contributed by atoms with Gasteiger partial charge in [-0.25, -0.2) is 0 Å². The molecule has 2 rings (SSSR count). The molecule has 2 aromatic rings. The van der Waals surface area contributed by atoms with E-state index in [0.29, 0.717) is 12.4 Å². The summed E-state index contributed by atoms with van der Waals surface area (Å²) in [4.78, 5) is 10.1. The first-order valence-electron chi connectivity index (χ1n) is 5.38. The van der Waals surface area contributed by atoms with Crippen molar-refractivity contribution in [3.63, 3.8) is 0 Å². The molecule has 0 amide bonds. The van der Waals surface area contributed by atoms with Crippen LogP contribution in [0.3, 0.4) is 0 Å². The zero-order chi connectivity index (χ0) is 13.8. The molecule has 0 saturated carbocycles. The third-order valence-electron chi connectivity index (χ3n) is 2.42. The van der Waals surface area contributed by atoms with Crippen molar-refractivity contribution in [2.24, 2.45) is 0 Å². The van der Waals surface area contributed by atoms with Gasteiger partial charge in [-0.3, -0.25) is 10.1 Å². The Balaban J connectivity index is 2.16. The van der Waals surface area contributed by atoms with Crippen molar-refractivity contribution in [2.75, 3.05) is 0 Å². The molecule has 0 heterocycles. The first-order chi connectivity index (χ1) is 9.08. The first-order valence-corrected chi connectivity index (χ1v) is 6.13. The molecule has 0 spiro atoms. The van der Waals surface area contributed by atoms with Crippen molar-refractivity contribution in [3.05, 3.63) is 68.2 Å². The highest BCUT2D eigenvalue weighted by Gasteiger charge is 2.19. The van der Waals surface area contributed by atoms with Crippen molar-refractivity contribution in [3.8, 4) is 5.75 Å². The molecule has 0 fully saturated rings. The Morgan fingerprint density at radius 3 is 2.21 bits per heavy atom. The van der Waals surface area contributed by atoms with Crippen LogP contribution in [-0.2, 0) is 6.61 Å². The van der Waals surface area contributed by atoms with E-state index in [0.717, 1.165) is 5.56 Å². The predicted octanol–water partition coefficient (Wildman–Crippen LogP) is 4.48. The predicted molar refractivity (Wildman–Crippen MR) is 73.9 cm³/mol. The fourth-order valence-electron chi connectivity index (χ4n) is 1.54. The average molecular weight is 298 g/mol. The molecule has 0 aliphatic heterocycles. The lowest BCUT2D eigenvalue weighted by Gasteiger charge is -2.07. The minimum Gasteiger partial charge on any atom is -0.489 e. The lowest BCUT2D eigenvalue weighted by molar-refractivity contribution is -0.384. The van der Waals surface area contributed by atoms with Crippen LogP contribution in [0.15, 0.2) is 42.5 Å². The monoisotopic (exact) mass is 297 g/mol. The van der Waals surface area contributed by atoms with Crippen molar-refractivity contribution in [2.45, 2.75) is 6.61 Å². The Hall–Kier alpha value is -1.78. The van der Waals surface area contributed by atoms with Gasteiger partial charge < -0.3 is 4.74 Å². The van der Waals surface area contributed by atoms with Crippen LogP contribution in [0.1, 0.15) is 5.56 Å². The van der Waals surface area contributed by atoms with E-state index in [-0.39, 0.29) is 15.7 Å². The Morgan fingerprint density at radius 1 is 1.11 bits per heavy atom. The fourth-order valence-corrected chi connectivity index (χ4v) is 2.15. The van der Waals surface area contributed by atoms with E-state index < -0.39 is 4.92 Å². The minimum atomic E-state index is -0.619. The second kappa shape index (κ2) is 5.91. The van der Waals surface area contributed by atoms with Gasteiger partial charge in [-0.05, 0) is 5.56 Å². The van der Waals surface area contributed by atoms with Crippen LogP contribution < -0.4 is 4.74 Å². The van der Waals surface area contributed by atoms with Gasteiger partial charge in [0.15, 0.2) is 0 Å². The molecule has 0 aromatic heterocycles. The highest BCUT2D eigenvalue weighted by Crippen LogP contribution is 2.36. The van der Waals surface area contributed by atoms with Gasteiger partial charge in [-0.15, -0.1) is 0 Å². The summed E-state index contributed by atoms with van der Waals surface area (Å²) in [5.74, 6) is 0.393. The SMILES string of the molecule is O=[N+]([O-])c1c(Cl)cc(OCc2ccccc2)cc1Cl. The van der Waals surface area contributed by atoms with Crippen LogP contribution in [0.2, 0.25) is 10.0 Å². The number of nitro benzene ring substituents is 1. The van der Waals surface area contributed by atoms with Crippen molar-refractivity contribution >= 4 is 28.9 Å². The normalized spacial score (nSPS) is 10.2. The van der Waals surface area contributed by atoms with Gasteiger partial charge in [0.2, 0.25) is 0 Å². The van der Waals surface area contributed by atoms with Crippen molar-refractivity contribution < 1.29 is 9.66 Å². The quantitative estimate of drug-likeness (QED) is 0.617. The Labute approximate surface area is 119 Å². The van der Waals surface area contributed by atoms with E-state index in [4.69, 9.17) is 27.9 Å². The highest BCUT2D eigenvalue weighted by molar-refractivity contribution is 6.38. The van der Waals surface area contributed by atoms with E-state index in [9.17, 15) is 10.1 Å². The molecule has 0 aliphatic rings. The second-order valence-electron chi connectivity index (χ2n) is 3.77. The molecule has 0 radical (unpaired) electrons. The number of hydrogen-bond acceptors (Lipinski definition) is 3. The standard InChI is InChI=1S/C13H9Cl2NO3/c14-11-6-10(7-12(15)13(11)16(17)18)19-8-9-4-2-1-3-5-9/h1-7H,8H2. The zero-order valence-electron chi connectivity index (χ0n) is 9.68. The van der Waals surface area contributed by atoms with Crippen LogP contribution in [0.5, 0.6) is 5.75 Å². The number of benzene rings is 2. The second-order valence-corrected chi connectivity index (χ2v) is 4.58. The lowest BCUT2D eigenvalue weighted by Crippen LogP contribution is -1.97. The fraction of sp³-hybridized carbons (Fsp3) is 0.0769. The van der Waals surface area contributed by atoms with Crippen LogP contribution in [-0.4, -0.2) is 4.92 Å². The zero-order valence-corrected chi connectivity index (χ0v) is 11.2. The molecule has 2 aromatic carbocycles. The van der Waals surface area contributed by atoms with Gasteiger partial charge in [-0.1, -0.05) is 53.5 Å². The molecule has 98 valence electrons. The number of ether oxygens (including phenoxy) is 1. The molecule has 19 heavy (non-hydrogen) atoms. The van der Waals surface area contributed by atoms with Gasteiger partial charge in [0.1, 0.15) is 22.4 Å². The molecule has 0 aliphatic carbocycles. The van der Waals surface area contributed by atoms with E-state index in [1.807, 2.05) is 30.3 Å². The van der Waals surface area contributed by atoms with E-state index in [1.54, 1.807) is 0 Å². The Kier molecular flexibility index (Phi) is 4.24.